The molecular formula is C68H127NO18. The number of aliphatic hydroxyl groups is 11. The van der Waals surface area contributed by atoms with Crippen LogP contribution in [0.4, 0.5) is 0 Å². The summed E-state index contributed by atoms with van der Waals surface area (Å²) in [6.07, 6.45) is 30.6. The van der Waals surface area contributed by atoms with Crippen LogP contribution in [-0.4, -0.2) is 193 Å². The molecule has 12 N–H and O–H groups in total. The average Bonchev–Trinajstić information content (AvgIpc) is 1.88. The number of ether oxygens (including phenoxy) is 6. The summed E-state index contributed by atoms with van der Waals surface area (Å²) in [5, 5.41) is 120. The van der Waals surface area contributed by atoms with Crippen molar-refractivity contribution < 1.29 is 89.4 Å². The molecule has 0 aromatic carbocycles. The second kappa shape index (κ2) is 50.8. The highest BCUT2D eigenvalue weighted by Gasteiger charge is 2.53. The number of rotatable bonds is 54. The van der Waals surface area contributed by atoms with Crippen LogP contribution in [0.3, 0.4) is 0 Å². The molecule has 17 unspecified atom stereocenters. The first-order chi connectivity index (χ1) is 42.3. The zero-order valence-corrected chi connectivity index (χ0v) is 54.0. The smallest absolute Gasteiger partial charge is 0.220 e. The van der Waals surface area contributed by atoms with Crippen molar-refractivity contribution in [2.24, 2.45) is 0 Å². The number of aliphatic hydroxyl groups excluding tert-OH is 11. The van der Waals surface area contributed by atoms with E-state index in [0.717, 1.165) is 38.5 Å². The zero-order valence-electron chi connectivity index (χ0n) is 54.0. The second-order valence-corrected chi connectivity index (χ2v) is 25.3. The molecule has 512 valence electrons. The predicted molar refractivity (Wildman–Crippen MR) is 337 cm³/mol. The molecule has 3 saturated heterocycles. The van der Waals surface area contributed by atoms with Crippen molar-refractivity contribution in [1.82, 2.24) is 5.32 Å². The molecular weight excluding hydrogens is 1120 g/mol. The Bertz CT molecular complexity index is 1680. The van der Waals surface area contributed by atoms with Crippen molar-refractivity contribution in [3.05, 3.63) is 24.3 Å². The van der Waals surface area contributed by atoms with Gasteiger partial charge < -0.3 is 89.9 Å². The summed E-state index contributed by atoms with van der Waals surface area (Å²) in [5.74, 6) is -0.282. The van der Waals surface area contributed by atoms with Crippen molar-refractivity contribution in [3.63, 3.8) is 0 Å². The lowest BCUT2D eigenvalue weighted by Gasteiger charge is -2.48. The van der Waals surface area contributed by atoms with E-state index in [4.69, 9.17) is 28.4 Å². The monoisotopic (exact) mass is 1250 g/mol. The van der Waals surface area contributed by atoms with Gasteiger partial charge in [-0.25, -0.2) is 0 Å². The standard InChI is InChI=1S/C68H127NO18/c1-3-5-7-9-11-13-15-16-17-18-19-20-21-22-23-24-25-26-27-28-29-30-31-32-33-34-36-38-40-42-44-46-56(74)69-51(52(73)45-43-41-39-37-35-14-12-10-8-6-4-2)50-82-66-62(80)59(77)64(54(48-71)84-66)87-68-63(81)60(78)65(55(49-72)85-68)86-67-61(79)58(76)57(75)53(47-70)83-67/h35,37,43,45,51-55,57-68,70-73,75-81H,3-34,36,38-42,44,46-50H2,1-2H3,(H,69,74)/b37-35+,45-43+. The van der Waals surface area contributed by atoms with Crippen LogP contribution >= 0.6 is 0 Å². The number of hydrogen-bond donors (Lipinski definition) is 12. The lowest BCUT2D eigenvalue weighted by atomic mass is 9.96. The van der Waals surface area contributed by atoms with Gasteiger partial charge in [-0.1, -0.05) is 256 Å². The Hall–Kier alpha value is -1.73. The van der Waals surface area contributed by atoms with Gasteiger partial charge in [-0.2, -0.15) is 0 Å². The summed E-state index contributed by atoms with van der Waals surface area (Å²) >= 11 is 0. The molecule has 0 radical (unpaired) electrons. The van der Waals surface area contributed by atoms with Crippen LogP contribution in [0.25, 0.3) is 0 Å². The Balaban J connectivity index is 1.35. The molecule has 19 heteroatoms. The van der Waals surface area contributed by atoms with Gasteiger partial charge in [-0.3, -0.25) is 4.79 Å². The van der Waals surface area contributed by atoms with E-state index in [1.807, 2.05) is 6.08 Å². The SMILES string of the molecule is CCCCCCC/C=C/CC/C=C/C(O)C(COC1OC(CO)C(OC2OC(CO)C(OC3OC(CO)C(O)C(O)C3O)C(O)C2O)C(O)C1O)NC(=O)CCCCCCCCCCCCCCCCCCCCCCCCCCCCCCCCC. The summed E-state index contributed by atoms with van der Waals surface area (Å²) < 4.78 is 34.3. The molecule has 3 rings (SSSR count). The van der Waals surface area contributed by atoms with Crippen LogP contribution in [0.2, 0.25) is 0 Å². The van der Waals surface area contributed by atoms with Crippen LogP contribution in [0.5, 0.6) is 0 Å². The maximum Gasteiger partial charge on any atom is 0.220 e. The van der Waals surface area contributed by atoms with Gasteiger partial charge in [0.2, 0.25) is 5.91 Å². The van der Waals surface area contributed by atoms with Crippen molar-refractivity contribution in [2.75, 3.05) is 26.4 Å². The third kappa shape index (κ3) is 33.1. The zero-order chi connectivity index (χ0) is 63.3. The Labute approximate surface area is 524 Å². The molecule has 3 fully saturated rings. The molecule has 19 nitrogen and oxygen atoms in total. The van der Waals surface area contributed by atoms with E-state index in [0.29, 0.717) is 12.8 Å². The number of carbonyl (C=O) groups is 1. The largest absolute Gasteiger partial charge is 0.394 e. The van der Waals surface area contributed by atoms with Crippen molar-refractivity contribution in [3.8, 4) is 0 Å². The highest BCUT2D eigenvalue weighted by atomic mass is 16.8. The minimum atomic E-state index is -1.98. The Morgan fingerprint density at radius 1 is 0.402 bits per heavy atom. The van der Waals surface area contributed by atoms with Gasteiger partial charge in [0.1, 0.15) is 73.2 Å². The van der Waals surface area contributed by atoms with Crippen molar-refractivity contribution >= 4 is 5.91 Å². The Kier molecular flexibility index (Phi) is 46.4. The van der Waals surface area contributed by atoms with Crippen LogP contribution in [0.15, 0.2) is 24.3 Å². The van der Waals surface area contributed by atoms with E-state index in [9.17, 15) is 61.0 Å². The number of unbranched alkanes of at least 4 members (excludes halogenated alkanes) is 36. The first-order valence-corrected chi connectivity index (χ1v) is 35.1. The first kappa shape index (κ1) is 79.5. The first-order valence-electron chi connectivity index (χ1n) is 35.1. The summed E-state index contributed by atoms with van der Waals surface area (Å²) in [6.45, 7) is 1.70. The van der Waals surface area contributed by atoms with Gasteiger partial charge in [-0.15, -0.1) is 0 Å². The number of carbonyl (C=O) groups excluding carboxylic acids is 1. The van der Waals surface area contributed by atoms with E-state index in [2.05, 4.69) is 31.3 Å². The van der Waals surface area contributed by atoms with Crippen LogP contribution < -0.4 is 5.32 Å². The molecule has 17 atom stereocenters. The van der Waals surface area contributed by atoms with Gasteiger partial charge in [0.05, 0.1) is 38.6 Å². The van der Waals surface area contributed by atoms with E-state index in [1.165, 1.54) is 199 Å². The fourth-order valence-electron chi connectivity index (χ4n) is 12.0. The quantitative estimate of drug-likeness (QED) is 0.0200. The minimum absolute atomic E-state index is 0.240. The fraction of sp³-hybridized carbons (Fsp3) is 0.926. The van der Waals surface area contributed by atoms with Gasteiger partial charge >= 0.3 is 0 Å². The van der Waals surface area contributed by atoms with Crippen molar-refractivity contribution in [1.29, 1.82) is 0 Å². The van der Waals surface area contributed by atoms with E-state index >= 15 is 0 Å². The van der Waals surface area contributed by atoms with Crippen molar-refractivity contribution in [2.45, 2.75) is 375 Å². The Morgan fingerprint density at radius 2 is 0.736 bits per heavy atom. The lowest BCUT2D eigenvalue weighted by molar-refractivity contribution is -0.379. The average molecular weight is 1250 g/mol. The molecule has 0 bridgehead atoms. The van der Waals surface area contributed by atoms with Crippen LogP contribution in [0.1, 0.15) is 271 Å². The van der Waals surface area contributed by atoms with E-state index < -0.39 is 124 Å². The highest BCUT2D eigenvalue weighted by molar-refractivity contribution is 5.76. The lowest BCUT2D eigenvalue weighted by Crippen LogP contribution is -2.66. The van der Waals surface area contributed by atoms with Crippen LogP contribution in [0, 0.1) is 0 Å². The third-order valence-corrected chi connectivity index (χ3v) is 17.8. The maximum atomic E-state index is 13.4. The Morgan fingerprint density at radius 3 is 1.15 bits per heavy atom. The molecule has 0 aromatic heterocycles. The number of allylic oxidation sites excluding steroid dienone is 3. The second-order valence-electron chi connectivity index (χ2n) is 25.3. The van der Waals surface area contributed by atoms with Crippen LogP contribution in [-0.2, 0) is 33.2 Å². The van der Waals surface area contributed by atoms with E-state index in [-0.39, 0.29) is 18.9 Å². The minimum Gasteiger partial charge on any atom is -0.394 e. The summed E-state index contributed by atoms with van der Waals surface area (Å²) in [6, 6.07) is -0.985. The molecule has 3 aliphatic rings. The molecule has 1 amide bonds. The fourth-order valence-corrected chi connectivity index (χ4v) is 12.0. The third-order valence-electron chi connectivity index (χ3n) is 17.8. The molecule has 0 spiro atoms. The van der Waals surface area contributed by atoms with Gasteiger partial charge in [0.25, 0.3) is 0 Å². The van der Waals surface area contributed by atoms with Gasteiger partial charge in [-0.05, 0) is 32.1 Å². The molecule has 3 heterocycles. The topological polar surface area (TPSA) is 307 Å². The molecule has 3 aliphatic heterocycles. The number of amides is 1. The summed E-state index contributed by atoms with van der Waals surface area (Å²) in [7, 11) is 0. The normalized spacial score (nSPS) is 28.7. The number of nitrogens with one attached hydrogen (secondary N) is 1. The predicted octanol–water partition coefficient (Wildman–Crippen LogP) is 9.05. The summed E-state index contributed by atoms with van der Waals surface area (Å²) in [5.41, 5.74) is 0. The highest BCUT2D eigenvalue weighted by Crippen LogP contribution is 2.33. The van der Waals surface area contributed by atoms with E-state index in [1.54, 1.807) is 6.08 Å². The molecule has 0 aliphatic carbocycles. The number of hydrogen-bond acceptors (Lipinski definition) is 18. The molecule has 87 heavy (non-hydrogen) atoms. The molecule has 0 saturated carbocycles. The maximum absolute atomic E-state index is 13.4. The van der Waals surface area contributed by atoms with Gasteiger partial charge in [0.15, 0.2) is 18.9 Å². The summed E-state index contributed by atoms with van der Waals surface area (Å²) in [4.78, 5) is 13.4. The molecule has 0 aromatic rings. The van der Waals surface area contributed by atoms with Gasteiger partial charge in [0, 0.05) is 6.42 Å².